The quantitative estimate of drug-likeness (QED) is 0.484. The molecule has 0 spiro atoms. The minimum Gasteiger partial charge on any atom is -0.399 e. The molecule has 2 rings (SSSR count). The van der Waals surface area contributed by atoms with Crippen molar-refractivity contribution in [3.63, 3.8) is 0 Å². The fourth-order valence-corrected chi connectivity index (χ4v) is 2.64. The van der Waals surface area contributed by atoms with Crippen molar-refractivity contribution in [3.8, 4) is 0 Å². The molecular weight excluding hydrogens is 246 g/mol. The number of benzene rings is 1. The van der Waals surface area contributed by atoms with Crippen LogP contribution in [0.2, 0.25) is 0 Å². The molecule has 3 N–H and O–H groups in total. The highest BCUT2D eigenvalue weighted by atomic mass is 16.6. The van der Waals surface area contributed by atoms with Crippen LogP contribution in [0.5, 0.6) is 0 Å². The number of hydrogen-bond acceptors (Lipinski definition) is 5. The number of nitro groups is 1. The molecule has 0 aliphatic heterocycles. The summed E-state index contributed by atoms with van der Waals surface area (Å²) in [6, 6.07) is 4.58. The van der Waals surface area contributed by atoms with Gasteiger partial charge in [-0.2, -0.15) is 0 Å². The van der Waals surface area contributed by atoms with Crippen LogP contribution in [-0.4, -0.2) is 24.7 Å². The van der Waals surface area contributed by atoms with Crippen molar-refractivity contribution in [2.45, 2.75) is 25.4 Å². The van der Waals surface area contributed by atoms with Crippen LogP contribution in [0.1, 0.15) is 19.3 Å². The summed E-state index contributed by atoms with van der Waals surface area (Å²) in [4.78, 5) is 10.6. The summed E-state index contributed by atoms with van der Waals surface area (Å²) in [5, 5.41) is 14.1. The number of ether oxygens (including phenoxy) is 1. The van der Waals surface area contributed by atoms with Crippen LogP contribution < -0.4 is 11.1 Å². The third-order valence-electron chi connectivity index (χ3n) is 3.66. The number of nitrogens with two attached hydrogens (primary N) is 1. The van der Waals surface area contributed by atoms with E-state index in [-0.39, 0.29) is 11.8 Å². The fourth-order valence-electron chi connectivity index (χ4n) is 2.64. The lowest BCUT2D eigenvalue weighted by atomic mass is 10.1. The van der Waals surface area contributed by atoms with E-state index in [0.717, 1.165) is 19.3 Å². The van der Waals surface area contributed by atoms with E-state index in [1.165, 1.54) is 12.1 Å². The Morgan fingerprint density at radius 2 is 2.32 bits per heavy atom. The SMILES string of the molecule is CO[C@@H]1CCC[C@@H]1CNc1cc(N)ccc1[N+](=O)[O-]. The van der Waals surface area contributed by atoms with E-state index in [2.05, 4.69) is 5.32 Å². The molecule has 19 heavy (non-hydrogen) atoms. The Hall–Kier alpha value is -1.82. The van der Waals surface area contributed by atoms with Gasteiger partial charge in [-0.05, 0) is 25.0 Å². The van der Waals surface area contributed by atoms with Gasteiger partial charge in [-0.15, -0.1) is 0 Å². The first-order valence-corrected chi connectivity index (χ1v) is 6.42. The Morgan fingerprint density at radius 3 is 3.00 bits per heavy atom. The molecule has 0 heterocycles. The largest absolute Gasteiger partial charge is 0.399 e. The van der Waals surface area contributed by atoms with Gasteiger partial charge in [-0.25, -0.2) is 0 Å². The molecule has 1 aromatic rings. The third kappa shape index (κ3) is 3.14. The molecule has 1 aromatic carbocycles. The summed E-state index contributed by atoms with van der Waals surface area (Å²) in [5.41, 5.74) is 6.73. The molecule has 1 fully saturated rings. The molecule has 1 aliphatic carbocycles. The average Bonchev–Trinajstić information content (AvgIpc) is 2.83. The van der Waals surface area contributed by atoms with Crippen molar-refractivity contribution in [1.29, 1.82) is 0 Å². The Morgan fingerprint density at radius 1 is 1.53 bits per heavy atom. The molecule has 0 saturated heterocycles. The number of rotatable bonds is 5. The molecule has 2 atom stereocenters. The molecule has 0 radical (unpaired) electrons. The third-order valence-corrected chi connectivity index (χ3v) is 3.66. The van der Waals surface area contributed by atoms with Gasteiger partial charge in [-0.1, -0.05) is 6.42 Å². The summed E-state index contributed by atoms with van der Waals surface area (Å²) < 4.78 is 5.42. The molecule has 1 saturated carbocycles. The molecule has 1 aliphatic rings. The summed E-state index contributed by atoms with van der Waals surface area (Å²) in [6.07, 6.45) is 3.53. The van der Waals surface area contributed by atoms with Crippen LogP contribution in [0, 0.1) is 16.0 Å². The maximum atomic E-state index is 10.9. The normalized spacial score (nSPS) is 22.4. The lowest BCUT2D eigenvalue weighted by Gasteiger charge is -2.19. The van der Waals surface area contributed by atoms with Crippen molar-refractivity contribution in [1.82, 2.24) is 0 Å². The van der Waals surface area contributed by atoms with Gasteiger partial charge in [0, 0.05) is 31.3 Å². The molecule has 6 heteroatoms. The number of nitrogens with one attached hydrogen (secondary N) is 1. The predicted octanol–water partition coefficient (Wildman–Crippen LogP) is 2.40. The van der Waals surface area contributed by atoms with Crippen LogP contribution in [0.4, 0.5) is 17.1 Å². The standard InChI is InChI=1S/C13H19N3O3/c1-19-13-4-2-3-9(13)8-15-11-7-10(14)5-6-12(11)16(17)18/h5-7,9,13,15H,2-4,8,14H2,1H3/t9-,13-/m1/s1. The van der Waals surface area contributed by atoms with Crippen LogP contribution in [0.15, 0.2) is 18.2 Å². The highest BCUT2D eigenvalue weighted by Crippen LogP contribution is 2.30. The number of methoxy groups -OCH3 is 1. The van der Waals surface area contributed by atoms with Crippen LogP contribution in [0.3, 0.4) is 0 Å². The van der Waals surface area contributed by atoms with Crippen molar-refractivity contribution in [3.05, 3.63) is 28.3 Å². The topological polar surface area (TPSA) is 90.4 Å². The van der Waals surface area contributed by atoms with Gasteiger partial charge >= 0.3 is 0 Å². The van der Waals surface area contributed by atoms with Crippen molar-refractivity contribution < 1.29 is 9.66 Å². The van der Waals surface area contributed by atoms with E-state index in [1.54, 1.807) is 13.2 Å². The van der Waals surface area contributed by atoms with Crippen LogP contribution in [-0.2, 0) is 4.74 Å². The highest BCUT2D eigenvalue weighted by Gasteiger charge is 2.27. The van der Waals surface area contributed by atoms with Gasteiger partial charge in [-0.3, -0.25) is 10.1 Å². The molecule has 0 unspecified atom stereocenters. The molecule has 104 valence electrons. The summed E-state index contributed by atoms with van der Waals surface area (Å²) >= 11 is 0. The Bertz CT molecular complexity index is 464. The smallest absolute Gasteiger partial charge is 0.292 e. The van der Waals surface area contributed by atoms with Crippen LogP contribution in [0.25, 0.3) is 0 Å². The molecular formula is C13H19N3O3. The van der Waals surface area contributed by atoms with E-state index >= 15 is 0 Å². The number of nitrogen functional groups attached to an aromatic ring is 1. The maximum absolute atomic E-state index is 10.9. The molecule has 0 amide bonds. The second-order valence-corrected chi connectivity index (χ2v) is 4.88. The summed E-state index contributed by atoms with van der Waals surface area (Å²) in [6.45, 7) is 0.669. The van der Waals surface area contributed by atoms with Gasteiger partial charge in [0.25, 0.3) is 5.69 Å². The zero-order valence-corrected chi connectivity index (χ0v) is 11.0. The predicted molar refractivity (Wildman–Crippen MR) is 74.1 cm³/mol. The molecule has 0 bridgehead atoms. The number of anilines is 2. The van der Waals surface area contributed by atoms with Gasteiger partial charge in [0.05, 0.1) is 11.0 Å². The second-order valence-electron chi connectivity index (χ2n) is 4.88. The summed E-state index contributed by atoms with van der Waals surface area (Å²) in [5.74, 6) is 0.394. The monoisotopic (exact) mass is 265 g/mol. The molecule has 0 aromatic heterocycles. The molecule has 6 nitrogen and oxygen atoms in total. The first-order valence-electron chi connectivity index (χ1n) is 6.42. The summed E-state index contributed by atoms with van der Waals surface area (Å²) in [7, 11) is 1.71. The Balaban J connectivity index is 2.06. The minimum atomic E-state index is -0.399. The first kappa shape index (κ1) is 13.6. The van der Waals surface area contributed by atoms with E-state index in [0.29, 0.717) is 23.8 Å². The van der Waals surface area contributed by atoms with Gasteiger partial charge < -0.3 is 15.8 Å². The zero-order chi connectivity index (χ0) is 13.8. The highest BCUT2D eigenvalue weighted by molar-refractivity contribution is 5.67. The van der Waals surface area contributed by atoms with E-state index in [1.807, 2.05) is 0 Å². The fraction of sp³-hybridized carbons (Fsp3) is 0.538. The van der Waals surface area contributed by atoms with E-state index < -0.39 is 4.92 Å². The number of nitrogens with zero attached hydrogens (tertiary/aromatic N) is 1. The van der Waals surface area contributed by atoms with Gasteiger partial charge in [0.2, 0.25) is 0 Å². The average molecular weight is 265 g/mol. The van der Waals surface area contributed by atoms with Crippen molar-refractivity contribution in [2.24, 2.45) is 5.92 Å². The number of nitro benzene ring substituents is 1. The Labute approximate surface area is 112 Å². The van der Waals surface area contributed by atoms with Gasteiger partial charge in [0.1, 0.15) is 5.69 Å². The lowest BCUT2D eigenvalue weighted by molar-refractivity contribution is -0.383. The minimum absolute atomic E-state index is 0.0566. The van der Waals surface area contributed by atoms with Crippen molar-refractivity contribution >= 4 is 17.1 Å². The van der Waals surface area contributed by atoms with Gasteiger partial charge in [0.15, 0.2) is 0 Å². The van der Waals surface area contributed by atoms with Crippen molar-refractivity contribution in [2.75, 3.05) is 24.7 Å². The second kappa shape index (κ2) is 5.88. The van der Waals surface area contributed by atoms with Crippen LogP contribution >= 0.6 is 0 Å². The maximum Gasteiger partial charge on any atom is 0.292 e. The van der Waals surface area contributed by atoms with E-state index in [4.69, 9.17) is 10.5 Å². The first-order chi connectivity index (χ1) is 9.11. The zero-order valence-electron chi connectivity index (χ0n) is 11.0. The number of hydrogen-bond donors (Lipinski definition) is 2. The lowest BCUT2D eigenvalue weighted by Crippen LogP contribution is -2.24. The van der Waals surface area contributed by atoms with E-state index in [9.17, 15) is 10.1 Å². The Kier molecular flexibility index (Phi) is 4.21.